The summed E-state index contributed by atoms with van der Waals surface area (Å²) in [5.74, 6) is -3.53. The smallest absolute Gasteiger partial charge is 0.411 e. The number of allylic oxidation sites excluding steroid dienone is 5. The van der Waals surface area contributed by atoms with Crippen LogP contribution in [-0.2, 0) is 25.5 Å². The second kappa shape index (κ2) is 17.9. The number of phenols is 1. The summed E-state index contributed by atoms with van der Waals surface area (Å²) in [5, 5.41) is 35.6. The Morgan fingerprint density at radius 2 is 1.69 bits per heavy atom. The van der Waals surface area contributed by atoms with E-state index in [1.165, 1.54) is 18.6 Å². The van der Waals surface area contributed by atoms with Gasteiger partial charge in [-0.05, 0) is 132 Å². The number of aromatic hydroxyl groups is 1. The number of carboxylic acid groups (broad SMARTS) is 2. The minimum absolute atomic E-state index is 0.0407. The Balaban J connectivity index is 0.000000427. The highest BCUT2D eigenvalue weighted by atomic mass is 35.5. The van der Waals surface area contributed by atoms with Gasteiger partial charge < -0.3 is 34.3 Å². The van der Waals surface area contributed by atoms with Crippen molar-refractivity contribution in [3.05, 3.63) is 98.7 Å². The van der Waals surface area contributed by atoms with Crippen LogP contribution < -0.4 is 14.8 Å². The average molecular weight is 860 g/mol. The molecule has 1 aliphatic carbocycles. The molecule has 3 heterocycles. The molecule has 2 aromatic carbocycles. The monoisotopic (exact) mass is 859 g/mol. The first-order valence-electron chi connectivity index (χ1n) is 20.6. The number of phenolic OH excluding ortho intramolecular Hbond substituents is 1. The van der Waals surface area contributed by atoms with Crippen LogP contribution in [0.15, 0.2) is 76.9 Å². The highest BCUT2D eigenvalue weighted by Gasteiger charge is 2.77. The van der Waals surface area contributed by atoms with Gasteiger partial charge in [0.15, 0.2) is 11.4 Å². The molecule has 61 heavy (non-hydrogen) atoms. The van der Waals surface area contributed by atoms with E-state index >= 15 is 0 Å². The Kier molecular flexibility index (Phi) is 13.7. The lowest BCUT2D eigenvalue weighted by Crippen LogP contribution is -2.66. The van der Waals surface area contributed by atoms with Crippen molar-refractivity contribution >= 4 is 47.2 Å². The summed E-state index contributed by atoms with van der Waals surface area (Å²) in [5.41, 5.74) is -2.04. The summed E-state index contributed by atoms with van der Waals surface area (Å²) in [4.78, 5) is 51.2. The number of ketones is 1. The van der Waals surface area contributed by atoms with Crippen molar-refractivity contribution in [3.8, 4) is 17.2 Å². The molecular weight excluding hydrogens is 802 g/mol. The first kappa shape index (κ1) is 46.7. The number of benzene rings is 2. The molecule has 0 bridgehead atoms. The van der Waals surface area contributed by atoms with E-state index < -0.39 is 52.1 Å². The molecule has 1 fully saturated rings. The number of amides is 1. The molecule has 4 unspecified atom stereocenters. The zero-order valence-electron chi connectivity index (χ0n) is 36.7. The molecule has 6 rings (SSSR count). The van der Waals surface area contributed by atoms with Crippen molar-refractivity contribution in [3.63, 3.8) is 0 Å². The molecule has 4 aliphatic rings. The molecule has 12 nitrogen and oxygen atoms in total. The Hall–Kier alpha value is -5.33. The van der Waals surface area contributed by atoms with Crippen LogP contribution in [0.4, 0.5) is 10.5 Å². The van der Waals surface area contributed by atoms with Gasteiger partial charge in [0.1, 0.15) is 28.4 Å². The first-order valence-corrected chi connectivity index (χ1v) is 20.9. The lowest BCUT2D eigenvalue weighted by Gasteiger charge is -2.50. The van der Waals surface area contributed by atoms with E-state index in [9.17, 15) is 34.5 Å². The number of hydrogen-bond donors (Lipinski definition) is 4. The molecule has 1 spiro atoms. The second-order valence-electron chi connectivity index (χ2n) is 17.6. The third kappa shape index (κ3) is 9.30. The lowest BCUT2D eigenvalue weighted by atomic mass is 9.60. The number of fused-ring (bicyclic) bond motifs is 2. The van der Waals surface area contributed by atoms with Crippen molar-refractivity contribution < 1.29 is 53.4 Å². The van der Waals surface area contributed by atoms with Gasteiger partial charge in [-0.2, -0.15) is 0 Å². The standard InChI is InChI=1S/C38H46O9.C10H12ClNO2/c1-21(2)11-10-18-36(8)19-17-24-29(39)28-30(40)26-12-9-13-27-35(6,7)47-37(34(43)44,20-16-23(5)33(41)42)38(26,27)46-32(28)25(31(24)45-36)15-14-22(3)4;1-7(2)14-10(13)12-9-5-3-4-8(11)6-9/h11-12,14,16-17,19,27,39H,9-10,13,15,18,20H2,1-8H3,(H,41,42)(H,43,44);3-7H,1-2H3,(H,12,13). The van der Waals surface area contributed by atoms with Crippen molar-refractivity contribution in [2.45, 2.75) is 136 Å². The third-order valence-corrected chi connectivity index (χ3v) is 11.7. The van der Waals surface area contributed by atoms with Crippen LogP contribution in [0.5, 0.6) is 17.2 Å². The van der Waals surface area contributed by atoms with Crippen LogP contribution in [0, 0.1) is 5.92 Å². The van der Waals surface area contributed by atoms with E-state index in [-0.39, 0.29) is 40.7 Å². The maximum Gasteiger partial charge on any atom is 0.411 e. The van der Waals surface area contributed by atoms with Gasteiger partial charge in [-0.25, -0.2) is 14.4 Å². The van der Waals surface area contributed by atoms with Gasteiger partial charge in [-0.3, -0.25) is 10.1 Å². The number of rotatable bonds is 11. The van der Waals surface area contributed by atoms with Crippen LogP contribution >= 0.6 is 11.6 Å². The second-order valence-corrected chi connectivity index (χ2v) is 18.0. The van der Waals surface area contributed by atoms with Gasteiger partial charge in [0, 0.05) is 39.8 Å². The minimum Gasteiger partial charge on any atom is -0.506 e. The summed E-state index contributed by atoms with van der Waals surface area (Å²) in [6.07, 6.45) is 12.5. The predicted molar refractivity (Wildman–Crippen MR) is 235 cm³/mol. The van der Waals surface area contributed by atoms with Gasteiger partial charge in [-0.15, -0.1) is 0 Å². The molecule has 4 N–H and O–H groups in total. The van der Waals surface area contributed by atoms with E-state index in [1.54, 1.807) is 64.1 Å². The van der Waals surface area contributed by atoms with Crippen molar-refractivity contribution in [2.75, 3.05) is 5.32 Å². The third-order valence-electron chi connectivity index (χ3n) is 11.5. The number of carbonyl (C=O) groups excluding carboxylic acids is 2. The summed E-state index contributed by atoms with van der Waals surface area (Å²) in [6, 6.07) is 6.89. The van der Waals surface area contributed by atoms with E-state index in [0.29, 0.717) is 53.3 Å². The molecule has 1 saturated heterocycles. The number of Topliss-reactive ketones (excluding diaryl/α,β-unsaturated/α-hetero) is 1. The lowest BCUT2D eigenvalue weighted by molar-refractivity contribution is -0.184. The number of anilines is 1. The van der Waals surface area contributed by atoms with Crippen molar-refractivity contribution in [1.29, 1.82) is 0 Å². The Morgan fingerprint density at radius 1 is 1.00 bits per heavy atom. The van der Waals surface area contributed by atoms with Gasteiger partial charge in [0.25, 0.3) is 0 Å². The van der Waals surface area contributed by atoms with Gasteiger partial charge in [0.2, 0.25) is 5.60 Å². The van der Waals surface area contributed by atoms with E-state index in [1.807, 2.05) is 46.8 Å². The number of nitrogens with one attached hydrogen (secondary N) is 1. The number of carbonyl (C=O) groups is 4. The molecule has 3 aliphatic heterocycles. The fraction of sp³-hybridized carbons (Fsp3) is 0.458. The topological polar surface area (TPSA) is 178 Å². The predicted octanol–water partition coefficient (Wildman–Crippen LogP) is 10.8. The van der Waals surface area contributed by atoms with Crippen LogP contribution in [0.25, 0.3) is 6.08 Å². The van der Waals surface area contributed by atoms with Crippen molar-refractivity contribution in [2.24, 2.45) is 5.92 Å². The SMILES string of the molecule is CC(C)=CCCC1(C)C=Cc2c(O)c3c(c(CC=C(C)C)c2O1)OC12C(=CCCC1C(C)(C)OC2(CC=C(C)C(=O)O)C(=O)O)C3=O.CC(C)OC(=O)Nc1cccc(Cl)c1. The first-order chi connectivity index (χ1) is 28.5. The number of hydrogen-bond acceptors (Lipinski definition) is 9. The summed E-state index contributed by atoms with van der Waals surface area (Å²) in [7, 11) is 0. The van der Waals surface area contributed by atoms with Crippen LogP contribution in [-0.4, -0.2) is 67.6 Å². The number of carboxylic acids is 2. The Morgan fingerprint density at radius 3 is 2.30 bits per heavy atom. The molecule has 0 aromatic heterocycles. The highest BCUT2D eigenvalue weighted by molar-refractivity contribution is 6.30. The van der Waals surface area contributed by atoms with Gasteiger partial charge in [-0.1, -0.05) is 53.1 Å². The van der Waals surface area contributed by atoms with E-state index in [2.05, 4.69) is 11.4 Å². The fourth-order valence-corrected chi connectivity index (χ4v) is 8.78. The number of ether oxygens (including phenoxy) is 4. The zero-order chi connectivity index (χ0) is 45.2. The molecule has 13 heteroatoms. The maximum absolute atomic E-state index is 14.7. The largest absolute Gasteiger partial charge is 0.506 e. The molecule has 0 radical (unpaired) electrons. The Labute approximate surface area is 362 Å². The molecule has 328 valence electrons. The summed E-state index contributed by atoms with van der Waals surface area (Å²) >= 11 is 5.74. The summed E-state index contributed by atoms with van der Waals surface area (Å²) in [6.45, 7) is 18.5. The van der Waals surface area contributed by atoms with Crippen LogP contribution in [0.2, 0.25) is 5.02 Å². The van der Waals surface area contributed by atoms with Gasteiger partial charge in [0.05, 0.1) is 17.3 Å². The quantitative estimate of drug-likeness (QED) is 0.125. The molecule has 1 amide bonds. The molecular formula is C48H58ClNO11. The normalized spacial score (nSPS) is 24.2. The summed E-state index contributed by atoms with van der Waals surface area (Å²) < 4.78 is 25.1. The maximum atomic E-state index is 14.7. The number of aliphatic carboxylic acids is 2. The zero-order valence-corrected chi connectivity index (χ0v) is 37.4. The number of halogens is 1. The van der Waals surface area contributed by atoms with Crippen molar-refractivity contribution in [1.82, 2.24) is 0 Å². The average Bonchev–Trinajstić information content (AvgIpc) is 3.36. The Bertz CT molecular complexity index is 2260. The highest BCUT2D eigenvalue weighted by Crippen LogP contribution is 2.64. The van der Waals surface area contributed by atoms with Crippen LogP contribution in [0.3, 0.4) is 0 Å². The molecule has 0 saturated carbocycles. The minimum atomic E-state index is -2.16. The molecule has 2 aromatic rings. The van der Waals surface area contributed by atoms with E-state index in [4.69, 9.17) is 30.5 Å². The van der Waals surface area contributed by atoms with Gasteiger partial charge >= 0.3 is 18.0 Å². The van der Waals surface area contributed by atoms with Crippen LogP contribution in [0.1, 0.15) is 123 Å². The van der Waals surface area contributed by atoms with E-state index in [0.717, 1.165) is 12.0 Å². The molecule has 4 atom stereocenters. The fourth-order valence-electron chi connectivity index (χ4n) is 8.59.